The van der Waals surface area contributed by atoms with Crippen LogP contribution in [0, 0.1) is 5.92 Å². The smallest absolute Gasteiger partial charge is 0.281 e. The van der Waals surface area contributed by atoms with E-state index in [2.05, 4.69) is 5.32 Å². The average molecular weight is 346 g/mol. The Labute approximate surface area is 140 Å². The lowest BCUT2D eigenvalue weighted by atomic mass is 9.88. The lowest BCUT2D eigenvalue weighted by Crippen LogP contribution is -2.51. The van der Waals surface area contributed by atoms with Crippen molar-refractivity contribution in [1.82, 2.24) is 13.9 Å². The summed E-state index contributed by atoms with van der Waals surface area (Å²) in [5.41, 5.74) is 0. The summed E-state index contributed by atoms with van der Waals surface area (Å²) in [6.45, 7) is 5.70. The van der Waals surface area contributed by atoms with E-state index in [1.807, 2.05) is 13.8 Å². The number of nitrogens with zero attached hydrogens (tertiary/aromatic N) is 2. The Morgan fingerprint density at radius 2 is 1.61 bits per heavy atom. The van der Waals surface area contributed by atoms with Gasteiger partial charge in [0.15, 0.2) is 0 Å². The van der Waals surface area contributed by atoms with Crippen LogP contribution in [-0.4, -0.2) is 55.2 Å². The fraction of sp³-hybridized carbons (Fsp3) is 0.938. The first kappa shape index (κ1) is 18.7. The first-order valence-corrected chi connectivity index (χ1v) is 10.4. The average Bonchev–Trinajstić information content (AvgIpc) is 2.57. The molecule has 0 aromatic rings. The third kappa shape index (κ3) is 4.67. The molecule has 134 valence electrons. The van der Waals surface area contributed by atoms with Gasteiger partial charge < -0.3 is 5.32 Å². The predicted octanol–water partition coefficient (Wildman–Crippen LogP) is 1.73. The second kappa shape index (κ2) is 8.44. The molecule has 2 aliphatic rings. The Bertz CT molecular complexity index is 477. The minimum Gasteiger partial charge on any atom is -0.353 e. The van der Waals surface area contributed by atoms with Crippen LogP contribution in [0.25, 0.3) is 0 Å². The number of piperidine rings is 1. The predicted molar refractivity (Wildman–Crippen MR) is 91.2 cm³/mol. The number of rotatable bonds is 6. The van der Waals surface area contributed by atoms with E-state index < -0.39 is 10.2 Å². The van der Waals surface area contributed by atoms with Gasteiger partial charge in [0.1, 0.15) is 0 Å². The van der Waals surface area contributed by atoms with Crippen molar-refractivity contribution < 1.29 is 13.2 Å². The van der Waals surface area contributed by atoms with Gasteiger partial charge >= 0.3 is 0 Å². The van der Waals surface area contributed by atoms with E-state index in [9.17, 15) is 13.2 Å². The van der Waals surface area contributed by atoms with Crippen LogP contribution in [0.2, 0.25) is 0 Å². The Morgan fingerprint density at radius 1 is 1.04 bits per heavy atom. The van der Waals surface area contributed by atoms with Gasteiger partial charge in [-0.15, -0.1) is 0 Å². The van der Waals surface area contributed by atoms with E-state index in [1.54, 1.807) is 4.31 Å². The van der Waals surface area contributed by atoms with Gasteiger partial charge in [-0.05, 0) is 25.7 Å². The summed E-state index contributed by atoms with van der Waals surface area (Å²) in [7, 11) is -3.34. The van der Waals surface area contributed by atoms with Crippen LogP contribution in [0.5, 0.6) is 0 Å². The molecule has 23 heavy (non-hydrogen) atoms. The Morgan fingerprint density at radius 3 is 2.13 bits per heavy atom. The molecule has 0 bridgehead atoms. The number of nitrogens with one attached hydrogen (secondary N) is 1. The van der Waals surface area contributed by atoms with Crippen molar-refractivity contribution in [1.29, 1.82) is 0 Å². The highest BCUT2D eigenvalue weighted by Gasteiger charge is 2.32. The summed E-state index contributed by atoms with van der Waals surface area (Å²) in [4.78, 5) is 12.3. The quantitative estimate of drug-likeness (QED) is 0.797. The SMILES string of the molecule is CCN(CC)S(=O)(=O)N1CCC(NC(=O)C2CCCCC2)CC1. The van der Waals surface area contributed by atoms with Crippen molar-refractivity contribution in [2.45, 2.75) is 64.8 Å². The number of hydrogen-bond donors (Lipinski definition) is 1. The van der Waals surface area contributed by atoms with E-state index in [0.29, 0.717) is 39.0 Å². The molecular formula is C16H31N3O3S. The highest BCUT2D eigenvalue weighted by molar-refractivity contribution is 7.86. The number of hydrogen-bond acceptors (Lipinski definition) is 3. The van der Waals surface area contributed by atoms with Gasteiger partial charge in [0.25, 0.3) is 10.2 Å². The summed E-state index contributed by atoms with van der Waals surface area (Å²) in [5, 5.41) is 3.14. The number of carbonyl (C=O) groups excluding carboxylic acids is 1. The van der Waals surface area contributed by atoms with E-state index >= 15 is 0 Å². The zero-order chi connectivity index (χ0) is 16.9. The van der Waals surface area contributed by atoms with E-state index in [4.69, 9.17) is 0 Å². The van der Waals surface area contributed by atoms with Crippen LogP contribution in [-0.2, 0) is 15.0 Å². The Balaban J connectivity index is 1.82. The van der Waals surface area contributed by atoms with Crippen molar-refractivity contribution in [2.75, 3.05) is 26.2 Å². The van der Waals surface area contributed by atoms with Crippen molar-refractivity contribution in [2.24, 2.45) is 5.92 Å². The fourth-order valence-electron chi connectivity index (χ4n) is 3.63. The molecule has 1 aliphatic heterocycles. The zero-order valence-electron chi connectivity index (χ0n) is 14.5. The van der Waals surface area contributed by atoms with Crippen molar-refractivity contribution in [3.63, 3.8) is 0 Å². The maximum atomic E-state index is 12.5. The lowest BCUT2D eigenvalue weighted by molar-refractivity contribution is -0.126. The summed E-state index contributed by atoms with van der Waals surface area (Å²) in [6, 6.07) is 0.118. The molecule has 0 spiro atoms. The molecule has 0 unspecified atom stereocenters. The number of carbonyl (C=O) groups is 1. The van der Waals surface area contributed by atoms with Gasteiger partial charge in [-0.3, -0.25) is 4.79 Å². The van der Waals surface area contributed by atoms with Crippen LogP contribution in [0.4, 0.5) is 0 Å². The molecule has 1 saturated carbocycles. The molecule has 0 radical (unpaired) electrons. The Kier molecular flexibility index (Phi) is 6.85. The monoisotopic (exact) mass is 345 g/mol. The molecule has 0 aromatic heterocycles. The van der Waals surface area contributed by atoms with E-state index in [-0.39, 0.29) is 17.9 Å². The molecule has 6 nitrogen and oxygen atoms in total. The van der Waals surface area contributed by atoms with Crippen LogP contribution in [0.15, 0.2) is 0 Å². The summed E-state index contributed by atoms with van der Waals surface area (Å²) >= 11 is 0. The largest absolute Gasteiger partial charge is 0.353 e. The highest BCUT2D eigenvalue weighted by atomic mass is 32.2. The molecule has 2 fully saturated rings. The number of amides is 1. The van der Waals surface area contributed by atoms with Gasteiger partial charge in [-0.1, -0.05) is 33.1 Å². The summed E-state index contributed by atoms with van der Waals surface area (Å²) < 4.78 is 28.0. The highest BCUT2D eigenvalue weighted by Crippen LogP contribution is 2.24. The Hall–Kier alpha value is -0.660. The van der Waals surface area contributed by atoms with Crippen LogP contribution in [0.1, 0.15) is 58.8 Å². The van der Waals surface area contributed by atoms with Gasteiger partial charge in [-0.2, -0.15) is 17.0 Å². The third-order valence-corrected chi connectivity index (χ3v) is 7.32. The first-order valence-electron chi connectivity index (χ1n) is 9.04. The van der Waals surface area contributed by atoms with Gasteiger partial charge in [-0.25, -0.2) is 0 Å². The maximum absolute atomic E-state index is 12.5. The molecule has 2 rings (SSSR count). The van der Waals surface area contributed by atoms with E-state index in [0.717, 1.165) is 25.7 Å². The molecule has 0 atom stereocenters. The molecule has 1 N–H and O–H groups in total. The topological polar surface area (TPSA) is 69.7 Å². The van der Waals surface area contributed by atoms with Crippen molar-refractivity contribution in [3.05, 3.63) is 0 Å². The van der Waals surface area contributed by atoms with E-state index in [1.165, 1.54) is 10.7 Å². The minimum atomic E-state index is -3.34. The fourth-order valence-corrected chi connectivity index (χ4v) is 5.28. The molecule has 1 heterocycles. The second-order valence-corrected chi connectivity index (χ2v) is 8.54. The maximum Gasteiger partial charge on any atom is 0.281 e. The van der Waals surface area contributed by atoms with Crippen molar-refractivity contribution >= 4 is 16.1 Å². The summed E-state index contributed by atoms with van der Waals surface area (Å²) in [6.07, 6.45) is 6.96. The third-order valence-electron chi connectivity index (χ3n) is 5.13. The van der Waals surface area contributed by atoms with Gasteiger partial charge in [0.05, 0.1) is 0 Å². The molecule has 7 heteroatoms. The second-order valence-electron chi connectivity index (χ2n) is 6.61. The zero-order valence-corrected chi connectivity index (χ0v) is 15.3. The molecular weight excluding hydrogens is 314 g/mol. The van der Waals surface area contributed by atoms with Crippen LogP contribution in [0.3, 0.4) is 0 Å². The van der Waals surface area contributed by atoms with Crippen LogP contribution >= 0.6 is 0 Å². The van der Waals surface area contributed by atoms with Gasteiger partial charge in [0.2, 0.25) is 5.91 Å². The molecule has 1 amide bonds. The first-order chi connectivity index (χ1) is 11.0. The van der Waals surface area contributed by atoms with Crippen molar-refractivity contribution in [3.8, 4) is 0 Å². The van der Waals surface area contributed by atoms with Crippen LogP contribution < -0.4 is 5.32 Å². The molecule has 1 saturated heterocycles. The molecule has 0 aromatic carbocycles. The standard InChI is InChI=1S/C16H31N3O3S/c1-3-18(4-2)23(21,22)19-12-10-15(11-13-19)17-16(20)14-8-6-5-7-9-14/h14-15H,3-13H2,1-2H3,(H,17,20). The van der Waals surface area contributed by atoms with Gasteiger partial charge in [0, 0.05) is 38.1 Å². The lowest BCUT2D eigenvalue weighted by Gasteiger charge is -2.35. The minimum absolute atomic E-state index is 0.118. The normalized spacial score (nSPS) is 22.4. The molecule has 1 aliphatic carbocycles. The summed E-state index contributed by atoms with van der Waals surface area (Å²) in [5.74, 6) is 0.343.